The van der Waals surface area contributed by atoms with Crippen LogP contribution < -0.4 is 10.5 Å². The fourth-order valence-electron chi connectivity index (χ4n) is 1.67. The Balaban J connectivity index is 2.13. The molecule has 118 valence electrons. The second-order valence-corrected chi connectivity index (χ2v) is 4.78. The van der Waals surface area contributed by atoms with Gasteiger partial charge in [0.15, 0.2) is 0 Å². The molecule has 0 heterocycles. The lowest BCUT2D eigenvalue weighted by atomic mass is 10.2. The summed E-state index contributed by atoms with van der Waals surface area (Å²) in [5.74, 6) is -1.70. The highest BCUT2D eigenvalue weighted by Crippen LogP contribution is 2.23. The number of phenols is 1. The van der Waals surface area contributed by atoms with Crippen molar-refractivity contribution in [2.24, 2.45) is 5.10 Å². The molecule has 0 aliphatic carbocycles. The Labute approximate surface area is 134 Å². The van der Waals surface area contributed by atoms with Crippen LogP contribution in [-0.4, -0.2) is 22.2 Å². The van der Waals surface area contributed by atoms with Crippen LogP contribution in [0.3, 0.4) is 0 Å². The van der Waals surface area contributed by atoms with E-state index < -0.39 is 22.3 Å². The van der Waals surface area contributed by atoms with Crippen LogP contribution >= 0.6 is 11.6 Å². The van der Waals surface area contributed by atoms with Gasteiger partial charge in [0.2, 0.25) is 0 Å². The van der Waals surface area contributed by atoms with Gasteiger partial charge in [-0.05, 0) is 23.9 Å². The topological polar surface area (TPSA) is 128 Å². The molecule has 0 aromatic heterocycles. The fourth-order valence-corrected chi connectivity index (χ4v) is 1.85. The molecule has 0 radical (unpaired) electrons. The third-order valence-electron chi connectivity index (χ3n) is 2.76. The lowest BCUT2D eigenvalue weighted by Gasteiger charge is -2.06. The van der Waals surface area contributed by atoms with Gasteiger partial charge >= 0.3 is 0 Å². The van der Waals surface area contributed by atoms with Gasteiger partial charge in [0.25, 0.3) is 11.6 Å². The van der Waals surface area contributed by atoms with E-state index in [-0.39, 0.29) is 21.9 Å². The molecule has 0 fully saturated rings. The van der Waals surface area contributed by atoms with E-state index in [1.807, 2.05) is 0 Å². The number of nitrogens with one attached hydrogen (secondary N) is 1. The Morgan fingerprint density at radius 2 is 2.04 bits per heavy atom. The number of nitro groups is 1. The number of halogens is 1. The standard InChI is InChI=1S/C14H10ClN3O5/c15-9-2-4-12(19)10(6-9)14(21)17-16-7-8-1-3-13(20)11(5-8)18(22)23/h1-7,19-20H,(H,17,21)/p-1/b16-7+. The SMILES string of the molecule is O=C(N/N=C/c1ccc([O-])c([N+](=O)[O-])c1)c1cc(Cl)ccc1O. The van der Waals surface area contributed by atoms with E-state index in [0.29, 0.717) is 0 Å². The molecule has 0 unspecified atom stereocenters. The summed E-state index contributed by atoms with van der Waals surface area (Å²) in [6.07, 6.45) is 1.13. The first-order chi connectivity index (χ1) is 10.9. The summed E-state index contributed by atoms with van der Waals surface area (Å²) < 4.78 is 0. The lowest BCUT2D eigenvalue weighted by molar-refractivity contribution is -0.398. The number of rotatable bonds is 4. The number of carbonyl (C=O) groups excluding carboxylic acids is 1. The molecule has 0 bridgehead atoms. The van der Waals surface area contributed by atoms with E-state index in [2.05, 4.69) is 10.5 Å². The van der Waals surface area contributed by atoms with Crippen LogP contribution in [0.25, 0.3) is 0 Å². The summed E-state index contributed by atoms with van der Waals surface area (Å²) in [7, 11) is 0. The Kier molecular flexibility index (Phi) is 4.77. The molecule has 0 saturated heterocycles. The number of hydrogen-bond donors (Lipinski definition) is 2. The lowest BCUT2D eigenvalue weighted by Crippen LogP contribution is -2.17. The Morgan fingerprint density at radius 3 is 2.74 bits per heavy atom. The Bertz CT molecular complexity index is 807. The molecule has 1 amide bonds. The Morgan fingerprint density at radius 1 is 1.30 bits per heavy atom. The van der Waals surface area contributed by atoms with Crippen molar-refractivity contribution in [1.29, 1.82) is 0 Å². The van der Waals surface area contributed by atoms with E-state index >= 15 is 0 Å². The molecule has 0 aliphatic rings. The molecule has 0 aliphatic heterocycles. The van der Waals surface area contributed by atoms with Gasteiger partial charge in [0.05, 0.1) is 16.7 Å². The first-order valence-electron chi connectivity index (χ1n) is 6.16. The zero-order valence-corrected chi connectivity index (χ0v) is 12.1. The maximum atomic E-state index is 11.8. The van der Waals surface area contributed by atoms with E-state index in [9.17, 15) is 25.1 Å². The second-order valence-electron chi connectivity index (χ2n) is 4.34. The summed E-state index contributed by atoms with van der Waals surface area (Å²) >= 11 is 5.73. The van der Waals surface area contributed by atoms with Gasteiger partial charge < -0.3 is 10.2 Å². The number of benzene rings is 2. The molecule has 23 heavy (non-hydrogen) atoms. The number of aromatic hydroxyl groups is 1. The monoisotopic (exact) mass is 334 g/mol. The molecule has 0 saturated carbocycles. The normalized spacial score (nSPS) is 10.7. The van der Waals surface area contributed by atoms with Crippen molar-refractivity contribution in [1.82, 2.24) is 5.43 Å². The number of carbonyl (C=O) groups is 1. The van der Waals surface area contributed by atoms with Crippen LogP contribution in [0.2, 0.25) is 5.02 Å². The van der Waals surface area contributed by atoms with Crippen molar-refractivity contribution in [3.05, 3.63) is 62.7 Å². The smallest absolute Gasteiger partial charge is 0.275 e. The minimum absolute atomic E-state index is 0.0736. The molecule has 9 heteroatoms. The largest absolute Gasteiger partial charge is 0.868 e. The average molecular weight is 335 g/mol. The molecule has 2 N–H and O–H groups in total. The van der Waals surface area contributed by atoms with Gasteiger partial charge in [0.1, 0.15) is 5.75 Å². The van der Waals surface area contributed by atoms with Gasteiger partial charge in [-0.15, -0.1) is 0 Å². The van der Waals surface area contributed by atoms with Crippen LogP contribution in [0, 0.1) is 10.1 Å². The van der Waals surface area contributed by atoms with E-state index in [0.717, 1.165) is 18.3 Å². The van der Waals surface area contributed by atoms with Crippen LogP contribution in [-0.2, 0) is 0 Å². The first-order valence-corrected chi connectivity index (χ1v) is 6.53. The first kappa shape index (κ1) is 16.2. The summed E-state index contributed by atoms with van der Waals surface area (Å²) in [5, 5.41) is 35.4. The van der Waals surface area contributed by atoms with Crippen molar-refractivity contribution < 1.29 is 19.9 Å². The number of hydrazone groups is 1. The molecular formula is C14H9ClN3O5-. The zero-order valence-electron chi connectivity index (χ0n) is 11.4. The number of phenolic OH excluding ortho intramolecular Hbond substituents is 1. The molecule has 2 rings (SSSR count). The molecule has 2 aromatic rings. The van der Waals surface area contributed by atoms with Crippen molar-refractivity contribution in [2.45, 2.75) is 0 Å². The summed E-state index contributed by atoms with van der Waals surface area (Å²) in [6, 6.07) is 7.33. The predicted octanol–water partition coefficient (Wildman–Crippen LogP) is 1.79. The fraction of sp³-hybridized carbons (Fsp3) is 0. The number of amides is 1. The van der Waals surface area contributed by atoms with Crippen LogP contribution in [0.5, 0.6) is 11.5 Å². The molecule has 0 spiro atoms. The molecule has 2 aromatic carbocycles. The van der Waals surface area contributed by atoms with E-state index in [4.69, 9.17) is 11.6 Å². The summed E-state index contributed by atoms with van der Waals surface area (Å²) in [5.41, 5.74) is 1.74. The van der Waals surface area contributed by atoms with Gasteiger partial charge in [-0.1, -0.05) is 23.7 Å². The Hall–Kier alpha value is -3.13. The molecular weight excluding hydrogens is 326 g/mol. The predicted molar refractivity (Wildman–Crippen MR) is 80.7 cm³/mol. The second kappa shape index (κ2) is 6.75. The third kappa shape index (κ3) is 3.95. The van der Waals surface area contributed by atoms with Crippen LogP contribution in [0.1, 0.15) is 15.9 Å². The average Bonchev–Trinajstić information content (AvgIpc) is 2.51. The van der Waals surface area contributed by atoms with E-state index in [1.54, 1.807) is 0 Å². The van der Waals surface area contributed by atoms with Gasteiger partial charge in [0, 0.05) is 16.7 Å². The highest BCUT2D eigenvalue weighted by atomic mass is 35.5. The highest BCUT2D eigenvalue weighted by Gasteiger charge is 2.11. The van der Waals surface area contributed by atoms with Crippen molar-refractivity contribution in [2.75, 3.05) is 0 Å². The van der Waals surface area contributed by atoms with Gasteiger partial charge in [-0.2, -0.15) is 5.10 Å². The number of hydrogen-bond acceptors (Lipinski definition) is 6. The molecule has 8 nitrogen and oxygen atoms in total. The maximum absolute atomic E-state index is 11.8. The van der Waals surface area contributed by atoms with E-state index in [1.165, 1.54) is 24.3 Å². The third-order valence-corrected chi connectivity index (χ3v) is 3.00. The van der Waals surface area contributed by atoms with Crippen molar-refractivity contribution >= 4 is 29.4 Å². The number of nitro benzene ring substituents is 1. The van der Waals surface area contributed by atoms with Crippen LogP contribution in [0.15, 0.2) is 41.5 Å². The zero-order chi connectivity index (χ0) is 17.0. The minimum Gasteiger partial charge on any atom is -0.868 e. The van der Waals surface area contributed by atoms with Crippen LogP contribution in [0.4, 0.5) is 5.69 Å². The molecule has 0 atom stereocenters. The summed E-state index contributed by atoms with van der Waals surface area (Å²) in [4.78, 5) is 21.7. The maximum Gasteiger partial charge on any atom is 0.275 e. The number of nitrogens with zero attached hydrogens (tertiary/aromatic N) is 2. The van der Waals surface area contributed by atoms with Gasteiger partial charge in [-0.25, -0.2) is 5.43 Å². The summed E-state index contributed by atoms with van der Waals surface area (Å²) in [6.45, 7) is 0. The minimum atomic E-state index is -0.803. The van der Waals surface area contributed by atoms with Gasteiger partial charge in [-0.3, -0.25) is 14.9 Å². The van der Waals surface area contributed by atoms with Crippen molar-refractivity contribution in [3.8, 4) is 11.5 Å². The highest BCUT2D eigenvalue weighted by molar-refractivity contribution is 6.31. The van der Waals surface area contributed by atoms with Crippen molar-refractivity contribution in [3.63, 3.8) is 0 Å². The quantitative estimate of drug-likeness (QED) is 0.500.